The fraction of sp³-hybridized carbons (Fsp3) is 0.222. The number of thiazole rings is 1. The highest BCUT2D eigenvalue weighted by Gasteiger charge is 2.11. The molecule has 4 heteroatoms. The molecule has 3 N–H and O–H groups in total. The van der Waals surface area contributed by atoms with Crippen molar-refractivity contribution in [2.75, 3.05) is 6.54 Å². The molecule has 0 aliphatic heterocycles. The Labute approximate surface area is 84.4 Å². The fourth-order valence-electron chi connectivity index (χ4n) is 1.38. The molecule has 0 aliphatic carbocycles. The van der Waals surface area contributed by atoms with Crippen LogP contribution in [0.5, 0.6) is 0 Å². The van der Waals surface area contributed by atoms with E-state index in [1.54, 1.807) is 0 Å². The first kappa shape index (κ1) is 8.87. The van der Waals surface area contributed by atoms with Crippen LogP contribution in [-0.2, 0) is 5.75 Å². The van der Waals surface area contributed by atoms with Crippen molar-refractivity contribution in [3.63, 3.8) is 0 Å². The van der Waals surface area contributed by atoms with E-state index in [0.29, 0.717) is 6.54 Å². The molecule has 1 heterocycles. The van der Waals surface area contributed by atoms with E-state index in [9.17, 15) is 0 Å². The summed E-state index contributed by atoms with van der Waals surface area (Å²) >= 11 is 5.26. The second kappa shape index (κ2) is 3.57. The molecule has 2 rings (SSSR count). The fourth-order valence-corrected chi connectivity index (χ4v) is 3.71. The van der Waals surface area contributed by atoms with Crippen LogP contribution in [0.2, 0.25) is 0 Å². The zero-order valence-corrected chi connectivity index (χ0v) is 8.75. The molecule has 0 fully saturated rings. The highest BCUT2D eigenvalue weighted by molar-refractivity contribution is 7.74. The number of nitrogens with one attached hydrogen (secondary N) is 1. The number of aromatic nitrogens is 1. The summed E-state index contributed by atoms with van der Waals surface area (Å²) in [7, 11) is 0.0484. The van der Waals surface area contributed by atoms with Crippen molar-refractivity contribution in [2.24, 2.45) is 5.73 Å². The third-order valence-corrected chi connectivity index (χ3v) is 4.72. The number of fused-ring (bicyclic) bond motifs is 1. The summed E-state index contributed by atoms with van der Waals surface area (Å²) in [5.41, 5.74) is 6.70. The first-order chi connectivity index (χ1) is 6.33. The monoisotopic (exact) mass is 211 g/mol. The lowest BCUT2D eigenvalue weighted by Gasteiger charge is -1.89. The molecular weight excluding hydrogens is 200 g/mol. The Kier molecular flexibility index (Phi) is 2.44. The van der Waals surface area contributed by atoms with Crippen molar-refractivity contribution in [2.45, 2.75) is 5.75 Å². The Balaban J connectivity index is 2.71. The first-order valence-corrected chi connectivity index (χ1v) is 5.94. The molecule has 1 aromatic carbocycles. The molecule has 2 aromatic rings. The Morgan fingerprint density at radius 1 is 1.38 bits per heavy atom. The van der Waals surface area contributed by atoms with Gasteiger partial charge in [-0.3, -0.25) is 4.98 Å². The molecule has 1 aromatic heterocycles. The van der Waals surface area contributed by atoms with Crippen molar-refractivity contribution in [3.05, 3.63) is 28.2 Å². The number of rotatable bonds is 2. The summed E-state index contributed by atoms with van der Waals surface area (Å²) < 4.78 is 2.25. The molecule has 0 aliphatic rings. The number of para-hydroxylation sites is 1. The van der Waals surface area contributed by atoms with E-state index in [-0.39, 0.29) is 10.5 Å². The number of H-pyrrole nitrogens is 1. The van der Waals surface area contributed by atoms with Crippen LogP contribution < -0.4 is 5.73 Å². The molecule has 1 atom stereocenters. The van der Waals surface area contributed by atoms with Crippen LogP contribution in [0.1, 0.15) is 0 Å². The van der Waals surface area contributed by atoms with E-state index in [0.717, 1.165) is 15.2 Å². The lowest BCUT2D eigenvalue weighted by molar-refractivity contribution is 1.08. The van der Waals surface area contributed by atoms with Gasteiger partial charge in [0.25, 0.3) is 12.2 Å². The smallest absolute Gasteiger partial charge is 0.328 e. The zero-order chi connectivity index (χ0) is 9.26. The van der Waals surface area contributed by atoms with Gasteiger partial charge in [0.2, 0.25) is 0 Å². The number of hydrogen-bond acceptors (Lipinski definition) is 2. The summed E-state index contributed by atoms with van der Waals surface area (Å²) in [5, 5.41) is 0. The predicted molar refractivity (Wildman–Crippen MR) is 60.7 cm³/mol. The molecule has 0 bridgehead atoms. The molecule has 68 valence electrons. The molecular formula is C9H11N2S2+. The van der Waals surface area contributed by atoms with E-state index < -0.39 is 0 Å². The molecule has 0 radical (unpaired) electrons. The summed E-state index contributed by atoms with van der Waals surface area (Å²) in [5.74, 6) is 0.961. The Morgan fingerprint density at radius 3 is 2.92 bits per heavy atom. The van der Waals surface area contributed by atoms with Gasteiger partial charge in [0.15, 0.2) is 0 Å². The Bertz CT molecular complexity index is 470. The van der Waals surface area contributed by atoms with Crippen molar-refractivity contribution in [1.29, 1.82) is 0 Å². The van der Waals surface area contributed by atoms with Gasteiger partial charge in [-0.15, -0.1) is 0 Å². The minimum absolute atomic E-state index is 0.0484. The van der Waals surface area contributed by atoms with Crippen molar-refractivity contribution in [3.8, 4) is 0 Å². The van der Waals surface area contributed by atoms with Gasteiger partial charge in [-0.05, 0) is 22.6 Å². The maximum Gasteiger partial charge on any atom is 0.356 e. The van der Waals surface area contributed by atoms with Gasteiger partial charge in [0.05, 0.1) is 11.3 Å². The van der Waals surface area contributed by atoms with E-state index in [1.807, 2.05) is 12.1 Å². The van der Waals surface area contributed by atoms with Crippen LogP contribution in [0.25, 0.3) is 10.2 Å². The van der Waals surface area contributed by atoms with Crippen LogP contribution in [0.3, 0.4) is 0 Å². The van der Waals surface area contributed by atoms with Gasteiger partial charge < -0.3 is 5.73 Å². The van der Waals surface area contributed by atoms with Gasteiger partial charge >= 0.3 is 3.95 Å². The third-order valence-electron chi connectivity index (χ3n) is 1.94. The number of aromatic amines is 1. The van der Waals surface area contributed by atoms with Crippen LogP contribution in [0, 0.1) is 3.95 Å². The SMILES string of the molecule is NCC[s+]1c(=S)[nH]c2ccccc21. The highest BCUT2D eigenvalue weighted by Crippen LogP contribution is 2.31. The normalized spacial score (nSPS) is 12.2. The van der Waals surface area contributed by atoms with E-state index in [2.05, 4.69) is 17.1 Å². The van der Waals surface area contributed by atoms with Crippen LogP contribution in [0.4, 0.5) is 0 Å². The summed E-state index contributed by atoms with van der Waals surface area (Å²) in [6.07, 6.45) is 0. The molecule has 0 saturated carbocycles. The van der Waals surface area contributed by atoms with Crippen molar-refractivity contribution < 1.29 is 0 Å². The Hall–Kier alpha value is -0.710. The van der Waals surface area contributed by atoms with Gasteiger partial charge in [-0.1, -0.05) is 12.1 Å². The summed E-state index contributed by atoms with van der Waals surface area (Å²) in [6, 6.07) is 8.25. The first-order valence-electron chi connectivity index (χ1n) is 4.14. The molecule has 0 amide bonds. The van der Waals surface area contributed by atoms with Crippen molar-refractivity contribution in [1.82, 2.24) is 4.98 Å². The van der Waals surface area contributed by atoms with Gasteiger partial charge in [0, 0.05) is 6.54 Å². The third kappa shape index (κ3) is 1.52. The van der Waals surface area contributed by atoms with E-state index in [4.69, 9.17) is 18.0 Å². The lowest BCUT2D eigenvalue weighted by Crippen LogP contribution is -1.98. The molecule has 0 spiro atoms. The molecule has 0 saturated heterocycles. The summed E-state index contributed by atoms with van der Waals surface area (Å²) in [4.78, 5) is 3.22. The topological polar surface area (TPSA) is 41.8 Å². The summed E-state index contributed by atoms with van der Waals surface area (Å²) in [6.45, 7) is 0.694. The zero-order valence-electron chi connectivity index (χ0n) is 7.12. The quantitative estimate of drug-likeness (QED) is 0.592. The average molecular weight is 211 g/mol. The number of hydrogen-bond donors (Lipinski definition) is 2. The second-order valence-electron chi connectivity index (χ2n) is 2.79. The minimum Gasteiger partial charge on any atom is -0.328 e. The highest BCUT2D eigenvalue weighted by atomic mass is 32.2. The maximum atomic E-state index is 5.55. The predicted octanol–water partition coefficient (Wildman–Crippen LogP) is 2.61. The average Bonchev–Trinajstić information content (AvgIpc) is 2.44. The van der Waals surface area contributed by atoms with Gasteiger partial charge in [-0.2, -0.15) is 0 Å². The molecule has 2 nitrogen and oxygen atoms in total. The largest absolute Gasteiger partial charge is 0.356 e. The molecule has 1 unspecified atom stereocenters. The Morgan fingerprint density at radius 2 is 2.15 bits per heavy atom. The minimum atomic E-state index is 0.0484. The number of benzene rings is 1. The standard InChI is InChI=1S/C9H10N2S2/c10-5-6-13-8-4-2-1-3-7(8)11-9(13)12/h1-4H,5-6,10H2/p+1. The molecule has 13 heavy (non-hydrogen) atoms. The van der Waals surface area contributed by atoms with Gasteiger partial charge in [0.1, 0.15) is 4.70 Å². The number of nitrogens with two attached hydrogens (primary N) is 1. The van der Waals surface area contributed by atoms with Crippen LogP contribution >= 0.6 is 22.7 Å². The second-order valence-corrected chi connectivity index (χ2v) is 5.50. The van der Waals surface area contributed by atoms with Gasteiger partial charge in [-0.25, -0.2) is 0 Å². The van der Waals surface area contributed by atoms with Crippen LogP contribution in [-0.4, -0.2) is 11.5 Å². The van der Waals surface area contributed by atoms with Crippen molar-refractivity contribution >= 4 is 32.9 Å². The van der Waals surface area contributed by atoms with E-state index in [1.165, 1.54) is 4.70 Å². The van der Waals surface area contributed by atoms with Crippen LogP contribution in [0.15, 0.2) is 24.3 Å². The lowest BCUT2D eigenvalue weighted by atomic mass is 10.3. The maximum absolute atomic E-state index is 5.55. The van der Waals surface area contributed by atoms with E-state index >= 15 is 0 Å².